The SMILES string of the molecule is NCCCCCc1nnc2n1N=C(c1ccc(F)cc1F)CS2. The Morgan fingerprint density at radius 3 is 2.83 bits per heavy atom. The lowest BCUT2D eigenvalue weighted by molar-refractivity contribution is 0.581. The van der Waals surface area contributed by atoms with Gasteiger partial charge in [0.25, 0.3) is 0 Å². The lowest BCUT2D eigenvalue weighted by Gasteiger charge is -2.14. The summed E-state index contributed by atoms with van der Waals surface area (Å²) in [5.41, 5.74) is 6.36. The van der Waals surface area contributed by atoms with Crippen molar-refractivity contribution in [1.29, 1.82) is 0 Å². The fourth-order valence-corrected chi connectivity index (χ4v) is 3.23. The highest BCUT2D eigenvalue weighted by Gasteiger charge is 2.21. The molecule has 122 valence electrons. The predicted molar refractivity (Wildman–Crippen MR) is 85.6 cm³/mol. The maximum Gasteiger partial charge on any atom is 0.212 e. The second-order valence-electron chi connectivity index (χ2n) is 5.27. The maximum atomic E-state index is 13.9. The molecule has 0 spiro atoms. The second-order valence-corrected chi connectivity index (χ2v) is 6.21. The molecule has 0 aliphatic carbocycles. The fourth-order valence-electron chi connectivity index (χ4n) is 2.38. The molecule has 1 aliphatic heterocycles. The number of nitrogens with two attached hydrogens (primary N) is 1. The van der Waals surface area contributed by atoms with E-state index in [1.165, 1.54) is 23.9 Å². The number of benzene rings is 1. The molecule has 3 rings (SSSR count). The highest BCUT2D eigenvalue weighted by atomic mass is 32.2. The van der Waals surface area contributed by atoms with Crippen molar-refractivity contribution < 1.29 is 8.78 Å². The lowest BCUT2D eigenvalue weighted by atomic mass is 10.1. The van der Waals surface area contributed by atoms with E-state index in [2.05, 4.69) is 15.3 Å². The monoisotopic (exact) mass is 337 g/mol. The molecule has 2 heterocycles. The molecule has 0 saturated heterocycles. The molecule has 0 amide bonds. The van der Waals surface area contributed by atoms with Gasteiger partial charge in [-0.3, -0.25) is 0 Å². The molecule has 0 bridgehead atoms. The molecule has 0 fully saturated rings. The lowest BCUT2D eigenvalue weighted by Crippen LogP contribution is -2.16. The molecular formula is C15H17F2N5S. The smallest absolute Gasteiger partial charge is 0.212 e. The van der Waals surface area contributed by atoms with Gasteiger partial charge in [-0.25, -0.2) is 8.78 Å². The van der Waals surface area contributed by atoms with Crippen LogP contribution >= 0.6 is 11.8 Å². The minimum atomic E-state index is -0.606. The van der Waals surface area contributed by atoms with E-state index >= 15 is 0 Å². The number of hydrogen-bond acceptors (Lipinski definition) is 5. The van der Waals surface area contributed by atoms with E-state index in [9.17, 15) is 8.78 Å². The van der Waals surface area contributed by atoms with Crippen molar-refractivity contribution >= 4 is 17.5 Å². The maximum absolute atomic E-state index is 13.9. The van der Waals surface area contributed by atoms with E-state index in [1.54, 1.807) is 4.68 Å². The van der Waals surface area contributed by atoms with Crippen molar-refractivity contribution in [2.75, 3.05) is 12.3 Å². The molecule has 1 aromatic carbocycles. The standard InChI is InChI=1S/C15H17F2N5S/c16-10-5-6-11(12(17)8-10)13-9-23-15-20-19-14(22(15)21-13)4-2-1-3-7-18/h5-6,8H,1-4,7,9,18H2. The van der Waals surface area contributed by atoms with E-state index < -0.39 is 11.6 Å². The average Bonchev–Trinajstić information content (AvgIpc) is 2.94. The third-order valence-electron chi connectivity index (χ3n) is 3.58. The molecule has 2 aromatic rings. The predicted octanol–water partition coefficient (Wildman–Crippen LogP) is 2.59. The first kappa shape index (κ1) is 16.1. The summed E-state index contributed by atoms with van der Waals surface area (Å²) in [4.78, 5) is 0. The van der Waals surface area contributed by atoms with E-state index in [-0.39, 0.29) is 0 Å². The average molecular weight is 337 g/mol. The zero-order valence-electron chi connectivity index (χ0n) is 12.5. The molecule has 1 aromatic heterocycles. The van der Waals surface area contributed by atoms with Gasteiger partial charge in [-0.1, -0.05) is 18.2 Å². The van der Waals surface area contributed by atoms with Crippen LogP contribution in [0.2, 0.25) is 0 Å². The van der Waals surface area contributed by atoms with Crippen LogP contribution in [0.1, 0.15) is 30.7 Å². The molecule has 0 saturated carbocycles. The van der Waals surface area contributed by atoms with Crippen molar-refractivity contribution in [3.05, 3.63) is 41.2 Å². The van der Waals surface area contributed by atoms with Gasteiger partial charge in [-0.05, 0) is 31.5 Å². The summed E-state index contributed by atoms with van der Waals surface area (Å²) in [6.07, 6.45) is 3.70. The number of rotatable bonds is 6. The van der Waals surface area contributed by atoms with Crippen LogP contribution in [0, 0.1) is 11.6 Å². The Labute approximate surface area is 137 Å². The molecular weight excluding hydrogens is 320 g/mol. The minimum absolute atomic E-state index is 0.312. The zero-order valence-corrected chi connectivity index (χ0v) is 13.3. The summed E-state index contributed by atoms with van der Waals surface area (Å²) in [5, 5.41) is 13.4. The molecule has 8 heteroatoms. The quantitative estimate of drug-likeness (QED) is 0.823. The third-order valence-corrected chi connectivity index (χ3v) is 4.51. The molecule has 0 atom stereocenters. The van der Waals surface area contributed by atoms with Crippen LogP contribution in [0.25, 0.3) is 0 Å². The van der Waals surface area contributed by atoms with Crippen molar-refractivity contribution in [1.82, 2.24) is 14.9 Å². The van der Waals surface area contributed by atoms with E-state index in [4.69, 9.17) is 5.73 Å². The second kappa shape index (κ2) is 7.18. The topological polar surface area (TPSA) is 69.1 Å². The molecule has 0 radical (unpaired) electrons. The summed E-state index contributed by atoms with van der Waals surface area (Å²) >= 11 is 1.45. The number of hydrogen-bond donors (Lipinski definition) is 1. The van der Waals surface area contributed by atoms with Gasteiger partial charge in [0.15, 0.2) is 5.82 Å². The highest BCUT2D eigenvalue weighted by molar-refractivity contribution is 7.99. The Morgan fingerprint density at radius 1 is 1.17 bits per heavy atom. The van der Waals surface area contributed by atoms with Crippen molar-refractivity contribution in [2.45, 2.75) is 30.8 Å². The number of thioether (sulfide) groups is 1. The zero-order chi connectivity index (χ0) is 16.2. The van der Waals surface area contributed by atoms with Crippen LogP contribution in [0.5, 0.6) is 0 Å². The van der Waals surface area contributed by atoms with Gasteiger partial charge in [-0.15, -0.1) is 10.2 Å². The first-order valence-corrected chi connectivity index (χ1v) is 8.48. The van der Waals surface area contributed by atoms with Crippen LogP contribution in [0.4, 0.5) is 8.78 Å². The number of aryl methyl sites for hydroxylation is 1. The number of nitrogens with zero attached hydrogens (tertiary/aromatic N) is 4. The summed E-state index contributed by atoms with van der Waals surface area (Å²) < 4.78 is 28.7. The van der Waals surface area contributed by atoms with Gasteiger partial charge in [0.2, 0.25) is 5.16 Å². The Morgan fingerprint density at radius 2 is 2.04 bits per heavy atom. The number of fused-ring (bicyclic) bond motifs is 1. The normalized spacial score (nSPS) is 13.8. The summed E-state index contributed by atoms with van der Waals surface area (Å²) in [7, 11) is 0. The minimum Gasteiger partial charge on any atom is -0.330 e. The van der Waals surface area contributed by atoms with Crippen LogP contribution in [-0.2, 0) is 6.42 Å². The third kappa shape index (κ3) is 3.59. The Hall–Kier alpha value is -1.80. The van der Waals surface area contributed by atoms with Crippen molar-refractivity contribution in [3.63, 3.8) is 0 Å². The van der Waals surface area contributed by atoms with Gasteiger partial charge < -0.3 is 5.73 Å². The van der Waals surface area contributed by atoms with E-state index in [0.717, 1.165) is 37.6 Å². The molecule has 2 N–H and O–H groups in total. The molecule has 1 aliphatic rings. The number of aromatic nitrogens is 3. The van der Waals surface area contributed by atoms with Gasteiger partial charge in [0.05, 0.1) is 5.71 Å². The van der Waals surface area contributed by atoms with Crippen LogP contribution in [0.15, 0.2) is 28.5 Å². The van der Waals surface area contributed by atoms with E-state index in [1.807, 2.05) is 0 Å². The fraction of sp³-hybridized carbons (Fsp3) is 0.400. The van der Waals surface area contributed by atoms with Gasteiger partial charge in [0.1, 0.15) is 11.6 Å². The summed E-state index contributed by atoms with van der Waals surface area (Å²) in [6.45, 7) is 0.680. The van der Waals surface area contributed by atoms with Gasteiger partial charge in [0, 0.05) is 23.8 Å². The Kier molecular flexibility index (Phi) is 5.02. The summed E-state index contributed by atoms with van der Waals surface area (Å²) in [5.74, 6) is 0.0314. The van der Waals surface area contributed by atoms with Gasteiger partial charge in [-0.2, -0.15) is 9.78 Å². The van der Waals surface area contributed by atoms with Crippen LogP contribution in [0.3, 0.4) is 0 Å². The Balaban J connectivity index is 1.83. The van der Waals surface area contributed by atoms with Crippen molar-refractivity contribution in [3.8, 4) is 0 Å². The van der Waals surface area contributed by atoms with Crippen LogP contribution < -0.4 is 5.73 Å². The molecule has 0 unspecified atom stereocenters. The highest BCUT2D eigenvalue weighted by Crippen LogP contribution is 2.25. The van der Waals surface area contributed by atoms with Crippen molar-refractivity contribution in [2.24, 2.45) is 10.8 Å². The molecule has 23 heavy (non-hydrogen) atoms. The summed E-state index contributed by atoms with van der Waals surface area (Å²) in [6, 6.07) is 3.53. The van der Waals surface area contributed by atoms with E-state index in [0.29, 0.717) is 28.7 Å². The largest absolute Gasteiger partial charge is 0.330 e. The first-order valence-electron chi connectivity index (χ1n) is 7.49. The number of unbranched alkanes of at least 4 members (excludes halogenated alkanes) is 2. The van der Waals surface area contributed by atoms with Gasteiger partial charge >= 0.3 is 0 Å². The number of halogens is 2. The first-order chi connectivity index (χ1) is 11.2. The van der Waals surface area contributed by atoms with Crippen LogP contribution in [-0.4, -0.2) is 32.9 Å². The Bertz CT molecular complexity index is 729. The molecule has 5 nitrogen and oxygen atoms in total.